The quantitative estimate of drug-likeness (QED) is 0.783. The number of carbonyl (C=O) groups excluding carboxylic acids is 2. The van der Waals surface area contributed by atoms with Crippen LogP contribution in [0, 0.1) is 11.8 Å². The van der Waals surface area contributed by atoms with E-state index >= 15 is 0 Å². The fourth-order valence-electron chi connectivity index (χ4n) is 3.49. The number of likely N-dealkylation sites (N-methyl/N-ethyl adjacent to an activating group) is 1. The number of rotatable bonds is 7. The number of nitrogens with zero attached hydrogens (tertiary/aromatic N) is 1. The molecule has 1 aliphatic carbocycles. The van der Waals surface area contributed by atoms with E-state index < -0.39 is 0 Å². The summed E-state index contributed by atoms with van der Waals surface area (Å²) < 4.78 is 5.14. The van der Waals surface area contributed by atoms with Gasteiger partial charge in [0, 0.05) is 17.8 Å². The smallest absolute Gasteiger partial charge is 0.238 e. The van der Waals surface area contributed by atoms with Gasteiger partial charge in [0.1, 0.15) is 5.75 Å². The largest absolute Gasteiger partial charge is 0.497 e. The second kappa shape index (κ2) is 9.57. The molecule has 0 saturated heterocycles. The summed E-state index contributed by atoms with van der Waals surface area (Å²) in [5.74, 6) is 1.64. The maximum atomic E-state index is 12.3. The molecule has 0 heterocycles. The third kappa shape index (κ3) is 6.02. The first kappa shape index (κ1) is 20.2. The van der Waals surface area contributed by atoms with Crippen LogP contribution in [0.1, 0.15) is 33.1 Å². The maximum Gasteiger partial charge on any atom is 0.238 e. The fraction of sp³-hybridized carbons (Fsp3) is 0.600. The first-order valence-corrected chi connectivity index (χ1v) is 9.31. The van der Waals surface area contributed by atoms with Crippen molar-refractivity contribution in [3.63, 3.8) is 0 Å². The minimum atomic E-state index is -0.159. The van der Waals surface area contributed by atoms with Gasteiger partial charge in [-0.25, -0.2) is 0 Å². The molecule has 2 N–H and O–H groups in total. The molecule has 144 valence electrons. The average Bonchev–Trinajstić information content (AvgIpc) is 2.58. The Balaban J connectivity index is 1.77. The monoisotopic (exact) mass is 361 g/mol. The molecule has 0 spiro atoms. The van der Waals surface area contributed by atoms with E-state index in [0.29, 0.717) is 23.3 Å². The average molecular weight is 361 g/mol. The standard InChI is InChI=1S/C20H31N3O3/c1-14-7-5-10-18(15(14)2)22-20(25)13-23(3)12-19(24)21-16-8-6-9-17(11-16)26-4/h6,8-9,11,14-15,18H,5,7,10,12-13H2,1-4H3,(H,21,24)(H,22,25)/t14-,15+,18+/m1/s1. The van der Waals surface area contributed by atoms with Crippen molar-refractivity contribution in [2.75, 3.05) is 32.6 Å². The highest BCUT2D eigenvalue weighted by Gasteiger charge is 2.28. The van der Waals surface area contributed by atoms with Gasteiger partial charge in [0.05, 0.1) is 20.2 Å². The first-order valence-electron chi connectivity index (χ1n) is 9.31. The van der Waals surface area contributed by atoms with E-state index in [-0.39, 0.29) is 30.9 Å². The van der Waals surface area contributed by atoms with Gasteiger partial charge in [-0.15, -0.1) is 0 Å². The van der Waals surface area contributed by atoms with Crippen LogP contribution in [-0.4, -0.2) is 50.0 Å². The van der Waals surface area contributed by atoms with Crippen LogP contribution in [0.15, 0.2) is 24.3 Å². The summed E-state index contributed by atoms with van der Waals surface area (Å²) in [7, 11) is 3.36. The summed E-state index contributed by atoms with van der Waals surface area (Å²) >= 11 is 0. The normalized spacial score (nSPS) is 22.7. The highest BCUT2D eigenvalue weighted by Crippen LogP contribution is 2.29. The van der Waals surface area contributed by atoms with Crippen LogP contribution < -0.4 is 15.4 Å². The van der Waals surface area contributed by atoms with Crippen molar-refractivity contribution in [1.82, 2.24) is 10.2 Å². The zero-order valence-electron chi connectivity index (χ0n) is 16.2. The number of ether oxygens (including phenoxy) is 1. The van der Waals surface area contributed by atoms with Gasteiger partial charge in [0.15, 0.2) is 0 Å². The predicted octanol–water partition coefficient (Wildman–Crippen LogP) is 2.51. The van der Waals surface area contributed by atoms with Gasteiger partial charge >= 0.3 is 0 Å². The predicted molar refractivity (Wildman–Crippen MR) is 103 cm³/mol. The number of nitrogens with one attached hydrogen (secondary N) is 2. The Morgan fingerprint density at radius 2 is 1.92 bits per heavy atom. The minimum absolute atomic E-state index is 0.0207. The van der Waals surface area contributed by atoms with Crippen molar-refractivity contribution in [3.8, 4) is 5.75 Å². The molecule has 6 nitrogen and oxygen atoms in total. The van der Waals surface area contributed by atoms with Gasteiger partial charge in [-0.3, -0.25) is 14.5 Å². The lowest BCUT2D eigenvalue weighted by atomic mass is 9.78. The molecule has 0 radical (unpaired) electrons. The summed E-state index contributed by atoms with van der Waals surface area (Å²) in [5.41, 5.74) is 0.678. The number of anilines is 1. The van der Waals surface area contributed by atoms with Gasteiger partial charge in [-0.1, -0.05) is 32.8 Å². The molecule has 1 aliphatic rings. The molecular formula is C20H31N3O3. The zero-order chi connectivity index (χ0) is 19.1. The molecule has 1 saturated carbocycles. The van der Waals surface area contributed by atoms with E-state index in [1.54, 1.807) is 31.2 Å². The van der Waals surface area contributed by atoms with Crippen LogP contribution in [0.2, 0.25) is 0 Å². The lowest BCUT2D eigenvalue weighted by molar-refractivity contribution is -0.124. The van der Waals surface area contributed by atoms with Gasteiger partial charge in [0.25, 0.3) is 0 Å². The van der Waals surface area contributed by atoms with Crippen molar-refractivity contribution < 1.29 is 14.3 Å². The van der Waals surface area contributed by atoms with Crippen LogP contribution >= 0.6 is 0 Å². The minimum Gasteiger partial charge on any atom is -0.497 e. The molecule has 0 aliphatic heterocycles. The van der Waals surface area contributed by atoms with Crippen LogP contribution in [0.3, 0.4) is 0 Å². The van der Waals surface area contributed by atoms with Crippen molar-refractivity contribution in [1.29, 1.82) is 0 Å². The molecular weight excluding hydrogens is 330 g/mol. The second-order valence-corrected chi connectivity index (χ2v) is 7.39. The molecule has 3 atom stereocenters. The van der Waals surface area contributed by atoms with Gasteiger partial charge in [-0.2, -0.15) is 0 Å². The summed E-state index contributed by atoms with van der Waals surface area (Å²) in [6.45, 7) is 4.82. The number of amides is 2. The molecule has 0 bridgehead atoms. The van der Waals surface area contributed by atoms with Crippen LogP contribution in [-0.2, 0) is 9.59 Å². The third-order valence-corrected chi connectivity index (χ3v) is 5.23. The molecule has 0 aromatic heterocycles. The number of carbonyl (C=O) groups is 2. The zero-order valence-corrected chi connectivity index (χ0v) is 16.2. The Morgan fingerprint density at radius 1 is 1.19 bits per heavy atom. The van der Waals surface area contributed by atoms with E-state index in [0.717, 1.165) is 12.8 Å². The van der Waals surface area contributed by atoms with Crippen LogP contribution in [0.5, 0.6) is 5.75 Å². The van der Waals surface area contributed by atoms with Crippen molar-refractivity contribution >= 4 is 17.5 Å². The van der Waals surface area contributed by atoms with E-state index in [1.807, 2.05) is 12.1 Å². The van der Waals surface area contributed by atoms with Crippen LogP contribution in [0.4, 0.5) is 5.69 Å². The number of benzene rings is 1. The molecule has 2 amide bonds. The Hall–Kier alpha value is -2.08. The van der Waals surface area contributed by atoms with E-state index in [9.17, 15) is 9.59 Å². The van der Waals surface area contributed by atoms with E-state index in [1.165, 1.54) is 6.42 Å². The SMILES string of the molecule is COc1cccc(NC(=O)CN(C)CC(=O)N[C@H]2CCC[C@@H](C)[C@@H]2C)c1. The molecule has 1 aromatic carbocycles. The summed E-state index contributed by atoms with van der Waals surface area (Å²) in [6, 6.07) is 7.44. The van der Waals surface area contributed by atoms with Gasteiger partial charge in [0.2, 0.25) is 11.8 Å². The summed E-state index contributed by atoms with van der Waals surface area (Å²) in [6.07, 6.45) is 3.43. The molecule has 0 unspecified atom stereocenters. The topological polar surface area (TPSA) is 70.7 Å². The summed E-state index contributed by atoms with van der Waals surface area (Å²) in [4.78, 5) is 26.2. The number of hydrogen-bond acceptors (Lipinski definition) is 4. The Kier molecular flexibility index (Phi) is 7.45. The van der Waals surface area contributed by atoms with E-state index in [2.05, 4.69) is 24.5 Å². The molecule has 26 heavy (non-hydrogen) atoms. The number of hydrogen-bond donors (Lipinski definition) is 2. The molecule has 1 fully saturated rings. The molecule has 1 aromatic rings. The lowest BCUT2D eigenvalue weighted by Gasteiger charge is -2.34. The summed E-state index contributed by atoms with van der Waals surface area (Å²) in [5, 5.41) is 5.96. The highest BCUT2D eigenvalue weighted by molar-refractivity contribution is 5.92. The van der Waals surface area contributed by atoms with Crippen LogP contribution in [0.25, 0.3) is 0 Å². The number of methoxy groups -OCH3 is 1. The van der Waals surface area contributed by atoms with Gasteiger partial charge in [-0.05, 0) is 37.4 Å². The van der Waals surface area contributed by atoms with Crippen molar-refractivity contribution in [2.24, 2.45) is 11.8 Å². The molecule has 6 heteroatoms. The second-order valence-electron chi connectivity index (χ2n) is 7.39. The Bertz CT molecular complexity index is 620. The van der Waals surface area contributed by atoms with Gasteiger partial charge < -0.3 is 15.4 Å². The first-order chi connectivity index (χ1) is 12.4. The highest BCUT2D eigenvalue weighted by atomic mass is 16.5. The Labute approximate surface area is 156 Å². The fourth-order valence-corrected chi connectivity index (χ4v) is 3.49. The van der Waals surface area contributed by atoms with Crippen molar-refractivity contribution in [3.05, 3.63) is 24.3 Å². The molecule has 2 rings (SSSR count). The Morgan fingerprint density at radius 3 is 2.65 bits per heavy atom. The lowest BCUT2D eigenvalue weighted by Crippen LogP contribution is -2.47. The van der Waals surface area contributed by atoms with Crippen molar-refractivity contribution in [2.45, 2.75) is 39.2 Å². The van der Waals surface area contributed by atoms with E-state index in [4.69, 9.17) is 4.74 Å². The third-order valence-electron chi connectivity index (χ3n) is 5.23. The maximum absolute atomic E-state index is 12.3.